The van der Waals surface area contributed by atoms with Crippen molar-refractivity contribution in [1.29, 1.82) is 0 Å². The summed E-state index contributed by atoms with van der Waals surface area (Å²) in [6, 6.07) is 4.80. The topological polar surface area (TPSA) is 68.2 Å². The molecule has 1 aromatic heterocycles. The van der Waals surface area contributed by atoms with Gasteiger partial charge in [0.2, 0.25) is 10.0 Å². The summed E-state index contributed by atoms with van der Waals surface area (Å²) in [5.41, 5.74) is 0.781. The van der Waals surface area contributed by atoms with E-state index in [0.29, 0.717) is 4.70 Å². The normalized spacial score (nSPS) is 13.1. The Labute approximate surface area is 147 Å². The Morgan fingerprint density at radius 1 is 1.04 bits per heavy atom. The van der Waals surface area contributed by atoms with Crippen LogP contribution in [0.25, 0.3) is 10.2 Å². The Bertz CT molecular complexity index is 869. The van der Waals surface area contributed by atoms with Crippen LogP contribution in [-0.4, -0.2) is 19.0 Å². The Balaban J connectivity index is 2.47. The maximum Gasteiger partial charge on any atom is 0.308 e. The highest BCUT2D eigenvalue weighted by atomic mass is 32.2. The monoisotopic (exact) mass is 370 g/mol. The summed E-state index contributed by atoms with van der Waals surface area (Å²) in [7, 11) is -3.62. The van der Waals surface area contributed by atoms with Crippen LogP contribution in [0.1, 0.15) is 47.6 Å². The molecule has 0 spiro atoms. The van der Waals surface area contributed by atoms with E-state index in [4.69, 9.17) is 0 Å². The number of sulfonamides is 1. The number of thiazole rings is 1. The third-order valence-electron chi connectivity index (χ3n) is 4.14. The molecule has 0 bridgehead atoms. The molecule has 134 valence electrons. The Morgan fingerprint density at radius 3 is 2.12 bits per heavy atom. The highest BCUT2D eigenvalue weighted by molar-refractivity contribution is 7.89. The number of benzene rings is 1. The van der Waals surface area contributed by atoms with Gasteiger partial charge in [-0.25, -0.2) is 13.1 Å². The summed E-state index contributed by atoms with van der Waals surface area (Å²) in [5.74, 6) is 0.392. The fourth-order valence-electron chi connectivity index (χ4n) is 2.96. The molecule has 0 atom stereocenters. The lowest BCUT2D eigenvalue weighted by atomic mass is 9.94. The first kappa shape index (κ1) is 19.1. The molecule has 1 N–H and O–H groups in total. The predicted octanol–water partition coefficient (Wildman–Crippen LogP) is 3.60. The fraction of sp³-hybridized carbons (Fsp3) is 0.588. The molecule has 0 unspecified atom stereocenters. The minimum atomic E-state index is -3.62. The van der Waals surface area contributed by atoms with Crippen molar-refractivity contribution in [2.24, 2.45) is 11.8 Å². The summed E-state index contributed by atoms with van der Waals surface area (Å²) < 4.78 is 30.7. The molecule has 0 aliphatic rings. The number of rotatable bonds is 6. The summed E-state index contributed by atoms with van der Waals surface area (Å²) in [4.78, 5) is 12.3. The van der Waals surface area contributed by atoms with Crippen molar-refractivity contribution >= 4 is 31.6 Å². The first-order chi connectivity index (χ1) is 11.0. The summed E-state index contributed by atoms with van der Waals surface area (Å²) >= 11 is 1.08. The molecule has 0 radical (unpaired) electrons. The molecule has 5 nitrogen and oxygen atoms in total. The van der Waals surface area contributed by atoms with Gasteiger partial charge in [0.1, 0.15) is 0 Å². The second-order valence-electron chi connectivity index (χ2n) is 7.10. The van der Waals surface area contributed by atoms with Crippen molar-refractivity contribution in [3.8, 4) is 0 Å². The van der Waals surface area contributed by atoms with E-state index in [9.17, 15) is 13.2 Å². The lowest BCUT2D eigenvalue weighted by molar-refractivity contribution is 0.355. The van der Waals surface area contributed by atoms with Gasteiger partial charge in [-0.2, -0.15) is 0 Å². The highest BCUT2D eigenvalue weighted by Crippen LogP contribution is 2.25. The van der Waals surface area contributed by atoms with Crippen LogP contribution in [0.15, 0.2) is 27.9 Å². The zero-order valence-corrected chi connectivity index (χ0v) is 16.7. The minimum Gasteiger partial charge on any atom is -0.296 e. The minimum absolute atomic E-state index is 0.0399. The van der Waals surface area contributed by atoms with Gasteiger partial charge in [-0.3, -0.25) is 9.36 Å². The zero-order chi connectivity index (χ0) is 18.2. The Hall–Kier alpha value is -1.18. The molecule has 7 heteroatoms. The molecule has 24 heavy (non-hydrogen) atoms. The fourth-order valence-corrected chi connectivity index (χ4v) is 5.65. The van der Waals surface area contributed by atoms with Crippen LogP contribution < -0.4 is 9.60 Å². The van der Waals surface area contributed by atoms with Gasteiger partial charge in [-0.05, 0) is 43.9 Å². The number of aromatic nitrogens is 1. The molecule has 0 saturated heterocycles. The smallest absolute Gasteiger partial charge is 0.296 e. The maximum atomic E-state index is 12.7. The third-order valence-corrected chi connectivity index (χ3v) is 6.51. The van der Waals surface area contributed by atoms with E-state index in [2.05, 4.69) is 4.72 Å². The lowest BCUT2D eigenvalue weighted by Gasteiger charge is -2.25. The summed E-state index contributed by atoms with van der Waals surface area (Å²) in [6.45, 7) is 11.9. The van der Waals surface area contributed by atoms with Gasteiger partial charge < -0.3 is 0 Å². The largest absolute Gasteiger partial charge is 0.308 e. The SMILES string of the molecule is CC(C)C(NS(=O)(=O)c1ccc2c(c1)sc(=O)n2C(C)C)C(C)C. The molecule has 2 rings (SSSR count). The van der Waals surface area contributed by atoms with Gasteiger partial charge in [0.15, 0.2) is 0 Å². The predicted molar refractivity (Wildman–Crippen MR) is 100 cm³/mol. The molecule has 0 saturated carbocycles. The quantitative estimate of drug-likeness (QED) is 0.845. The first-order valence-electron chi connectivity index (χ1n) is 8.22. The maximum absolute atomic E-state index is 12.7. The van der Waals surface area contributed by atoms with Gasteiger partial charge in [0, 0.05) is 12.1 Å². The van der Waals surface area contributed by atoms with Crippen LogP contribution >= 0.6 is 11.3 Å². The molecule has 0 aliphatic carbocycles. The van der Waals surface area contributed by atoms with Crippen LogP contribution in [-0.2, 0) is 10.0 Å². The lowest BCUT2D eigenvalue weighted by Crippen LogP contribution is -2.42. The van der Waals surface area contributed by atoms with E-state index in [-0.39, 0.29) is 33.7 Å². The van der Waals surface area contributed by atoms with Crippen molar-refractivity contribution in [2.45, 2.75) is 58.5 Å². The van der Waals surface area contributed by atoms with Gasteiger partial charge in [0.25, 0.3) is 0 Å². The molecular formula is C17H26N2O3S2. The molecule has 1 heterocycles. The Kier molecular flexibility index (Phi) is 5.57. The van der Waals surface area contributed by atoms with Gasteiger partial charge >= 0.3 is 4.87 Å². The van der Waals surface area contributed by atoms with Crippen molar-refractivity contribution in [1.82, 2.24) is 9.29 Å². The van der Waals surface area contributed by atoms with Crippen molar-refractivity contribution in [3.63, 3.8) is 0 Å². The van der Waals surface area contributed by atoms with E-state index in [1.54, 1.807) is 22.8 Å². The molecular weight excluding hydrogens is 344 g/mol. The number of nitrogens with one attached hydrogen (secondary N) is 1. The molecule has 0 aliphatic heterocycles. The van der Waals surface area contributed by atoms with E-state index >= 15 is 0 Å². The molecule has 0 fully saturated rings. The number of hydrogen-bond acceptors (Lipinski definition) is 4. The van der Waals surface area contributed by atoms with Gasteiger partial charge in [-0.1, -0.05) is 39.0 Å². The first-order valence-corrected chi connectivity index (χ1v) is 10.5. The van der Waals surface area contributed by atoms with Crippen molar-refractivity contribution in [2.75, 3.05) is 0 Å². The van der Waals surface area contributed by atoms with E-state index in [0.717, 1.165) is 16.9 Å². The number of nitrogens with zero attached hydrogens (tertiary/aromatic N) is 1. The van der Waals surface area contributed by atoms with Crippen LogP contribution in [0, 0.1) is 11.8 Å². The molecule has 0 amide bonds. The average molecular weight is 371 g/mol. The average Bonchev–Trinajstić information content (AvgIpc) is 2.79. The van der Waals surface area contributed by atoms with Crippen LogP contribution in [0.5, 0.6) is 0 Å². The van der Waals surface area contributed by atoms with E-state index in [1.807, 2.05) is 41.5 Å². The third kappa shape index (κ3) is 3.73. The van der Waals surface area contributed by atoms with E-state index in [1.165, 1.54) is 0 Å². The molecule has 1 aromatic carbocycles. The summed E-state index contributed by atoms with van der Waals surface area (Å²) in [5, 5.41) is 0. The Morgan fingerprint density at radius 2 is 1.62 bits per heavy atom. The highest BCUT2D eigenvalue weighted by Gasteiger charge is 2.25. The standard InChI is InChI=1S/C17H26N2O3S2/c1-10(2)16(11(3)4)18-24(21,22)13-7-8-14-15(9-13)23-17(20)19(14)12(5)6/h7-12,16,18H,1-6H3. The van der Waals surface area contributed by atoms with Crippen LogP contribution in [0.2, 0.25) is 0 Å². The van der Waals surface area contributed by atoms with Crippen molar-refractivity contribution in [3.05, 3.63) is 27.9 Å². The van der Waals surface area contributed by atoms with Gasteiger partial charge in [0.05, 0.1) is 15.1 Å². The van der Waals surface area contributed by atoms with Crippen LogP contribution in [0.4, 0.5) is 0 Å². The van der Waals surface area contributed by atoms with E-state index < -0.39 is 10.0 Å². The van der Waals surface area contributed by atoms with Crippen LogP contribution in [0.3, 0.4) is 0 Å². The molecule has 2 aromatic rings. The van der Waals surface area contributed by atoms with Gasteiger partial charge in [-0.15, -0.1) is 0 Å². The second kappa shape index (κ2) is 6.98. The summed E-state index contributed by atoms with van der Waals surface area (Å²) in [6.07, 6.45) is 0. The van der Waals surface area contributed by atoms with Crippen molar-refractivity contribution < 1.29 is 8.42 Å². The zero-order valence-electron chi connectivity index (χ0n) is 15.0. The second-order valence-corrected chi connectivity index (χ2v) is 9.80. The number of fused-ring (bicyclic) bond motifs is 1. The number of hydrogen-bond donors (Lipinski definition) is 1.